The number of carbonyl (C=O) groups is 1. The van der Waals surface area contributed by atoms with Crippen molar-refractivity contribution in [3.8, 4) is 5.82 Å². The smallest absolute Gasteiger partial charge is 0.243 e. The third-order valence-corrected chi connectivity index (χ3v) is 4.33. The standard InChI is InChI=1S/C18H22N4O/c1-5-16(23)20-13-10-18(3,4)11-14-17(13)12(2)21-22(14)15-8-6-7-9-19-15/h5-9,13H,1,10-11H2,2-4H3,(H,20,23). The van der Waals surface area contributed by atoms with Crippen LogP contribution in [0.2, 0.25) is 0 Å². The van der Waals surface area contributed by atoms with Crippen molar-refractivity contribution in [2.45, 2.75) is 39.7 Å². The molecule has 0 aromatic carbocycles. The molecule has 0 fully saturated rings. The first-order valence-electron chi connectivity index (χ1n) is 7.84. The average molecular weight is 310 g/mol. The van der Waals surface area contributed by atoms with Crippen molar-refractivity contribution in [3.05, 3.63) is 54.0 Å². The Kier molecular flexibility index (Phi) is 3.80. The molecule has 23 heavy (non-hydrogen) atoms. The first-order chi connectivity index (χ1) is 10.9. The maximum Gasteiger partial charge on any atom is 0.243 e. The summed E-state index contributed by atoms with van der Waals surface area (Å²) < 4.78 is 1.92. The minimum Gasteiger partial charge on any atom is -0.346 e. The quantitative estimate of drug-likeness (QED) is 0.887. The van der Waals surface area contributed by atoms with Gasteiger partial charge in [0.2, 0.25) is 5.91 Å². The van der Waals surface area contributed by atoms with Crippen molar-refractivity contribution in [2.75, 3.05) is 0 Å². The lowest BCUT2D eigenvalue weighted by molar-refractivity contribution is -0.117. The van der Waals surface area contributed by atoms with Crippen LogP contribution in [-0.4, -0.2) is 20.7 Å². The van der Waals surface area contributed by atoms with Crippen molar-refractivity contribution >= 4 is 5.91 Å². The lowest BCUT2D eigenvalue weighted by Gasteiger charge is -2.36. The van der Waals surface area contributed by atoms with Gasteiger partial charge in [0.25, 0.3) is 0 Å². The molecular weight excluding hydrogens is 288 g/mol. The lowest BCUT2D eigenvalue weighted by atomic mass is 9.73. The molecule has 2 heterocycles. The normalized spacial score (nSPS) is 19.0. The van der Waals surface area contributed by atoms with E-state index >= 15 is 0 Å². The average Bonchev–Trinajstić information content (AvgIpc) is 2.83. The topological polar surface area (TPSA) is 59.8 Å². The Morgan fingerprint density at radius 3 is 2.91 bits per heavy atom. The van der Waals surface area contributed by atoms with E-state index in [4.69, 9.17) is 0 Å². The first-order valence-corrected chi connectivity index (χ1v) is 7.84. The summed E-state index contributed by atoms with van der Waals surface area (Å²) in [7, 11) is 0. The number of amides is 1. The third kappa shape index (κ3) is 2.91. The number of fused-ring (bicyclic) bond motifs is 1. The zero-order valence-electron chi connectivity index (χ0n) is 13.8. The number of aromatic nitrogens is 3. The maximum atomic E-state index is 11.8. The summed E-state index contributed by atoms with van der Waals surface area (Å²) >= 11 is 0. The zero-order valence-corrected chi connectivity index (χ0v) is 13.8. The van der Waals surface area contributed by atoms with Crippen LogP contribution in [0.5, 0.6) is 0 Å². The number of hydrogen-bond acceptors (Lipinski definition) is 3. The number of rotatable bonds is 3. The molecule has 0 aliphatic heterocycles. The Morgan fingerprint density at radius 2 is 2.26 bits per heavy atom. The fourth-order valence-electron chi connectivity index (χ4n) is 3.41. The molecule has 5 nitrogen and oxygen atoms in total. The second kappa shape index (κ2) is 5.65. The first kappa shape index (κ1) is 15.5. The highest BCUT2D eigenvalue weighted by atomic mass is 16.1. The summed E-state index contributed by atoms with van der Waals surface area (Å²) in [5, 5.41) is 7.74. The highest BCUT2D eigenvalue weighted by Gasteiger charge is 2.37. The number of hydrogen-bond donors (Lipinski definition) is 1. The minimum absolute atomic E-state index is 0.0447. The molecule has 0 spiro atoms. The molecule has 1 aliphatic carbocycles. The molecule has 0 bridgehead atoms. The van der Waals surface area contributed by atoms with Gasteiger partial charge in [-0.15, -0.1) is 0 Å². The Bertz CT molecular complexity index is 746. The van der Waals surface area contributed by atoms with Crippen molar-refractivity contribution in [1.29, 1.82) is 0 Å². The van der Waals surface area contributed by atoms with E-state index in [1.54, 1.807) is 6.20 Å². The van der Waals surface area contributed by atoms with Crippen LogP contribution in [0.4, 0.5) is 0 Å². The van der Waals surface area contributed by atoms with E-state index in [1.807, 2.05) is 29.8 Å². The van der Waals surface area contributed by atoms with E-state index in [1.165, 1.54) is 6.08 Å². The summed E-state index contributed by atoms with van der Waals surface area (Å²) in [6.45, 7) is 9.97. The van der Waals surface area contributed by atoms with E-state index in [2.05, 4.69) is 35.8 Å². The zero-order chi connectivity index (χ0) is 16.6. The highest BCUT2D eigenvalue weighted by molar-refractivity contribution is 5.87. The fourth-order valence-corrected chi connectivity index (χ4v) is 3.41. The van der Waals surface area contributed by atoms with Crippen molar-refractivity contribution in [3.63, 3.8) is 0 Å². The number of carbonyl (C=O) groups excluding carboxylic acids is 1. The predicted molar refractivity (Wildman–Crippen MR) is 89.3 cm³/mol. The van der Waals surface area contributed by atoms with Gasteiger partial charge < -0.3 is 5.32 Å². The Balaban J connectivity index is 2.11. The Labute approximate surface area is 136 Å². The molecule has 0 saturated heterocycles. The van der Waals surface area contributed by atoms with Crippen LogP contribution < -0.4 is 5.32 Å². The molecule has 0 radical (unpaired) electrons. The molecule has 1 atom stereocenters. The Morgan fingerprint density at radius 1 is 1.48 bits per heavy atom. The van der Waals surface area contributed by atoms with E-state index in [-0.39, 0.29) is 17.4 Å². The molecule has 2 aromatic heterocycles. The van der Waals surface area contributed by atoms with Crippen LogP contribution in [0.3, 0.4) is 0 Å². The van der Waals surface area contributed by atoms with E-state index < -0.39 is 0 Å². The van der Waals surface area contributed by atoms with Gasteiger partial charge in [0.05, 0.1) is 17.4 Å². The van der Waals surface area contributed by atoms with Crippen LogP contribution in [0.25, 0.3) is 5.82 Å². The van der Waals surface area contributed by atoms with Gasteiger partial charge >= 0.3 is 0 Å². The summed E-state index contributed by atoms with van der Waals surface area (Å²) in [6.07, 6.45) is 4.87. The van der Waals surface area contributed by atoms with E-state index in [9.17, 15) is 4.79 Å². The monoisotopic (exact) mass is 310 g/mol. The second-order valence-corrected chi connectivity index (χ2v) is 6.86. The highest BCUT2D eigenvalue weighted by Crippen LogP contribution is 2.42. The van der Waals surface area contributed by atoms with Gasteiger partial charge in [-0.2, -0.15) is 5.10 Å². The molecule has 3 rings (SSSR count). The molecule has 5 heteroatoms. The van der Waals surface area contributed by atoms with Crippen LogP contribution in [0.1, 0.15) is 43.3 Å². The molecule has 1 aliphatic rings. The van der Waals surface area contributed by atoms with E-state index in [0.717, 1.165) is 35.6 Å². The van der Waals surface area contributed by atoms with Crippen LogP contribution in [-0.2, 0) is 11.2 Å². The van der Waals surface area contributed by atoms with Gasteiger partial charge in [0.1, 0.15) is 0 Å². The Hall–Kier alpha value is -2.43. The van der Waals surface area contributed by atoms with Crippen molar-refractivity contribution in [1.82, 2.24) is 20.1 Å². The molecule has 1 unspecified atom stereocenters. The summed E-state index contributed by atoms with van der Waals surface area (Å²) in [6, 6.07) is 5.75. The minimum atomic E-state index is -0.149. The van der Waals surface area contributed by atoms with Gasteiger partial charge in [0, 0.05) is 11.8 Å². The maximum absolute atomic E-state index is 11.8. The largest absolute Gasteiger partial charge is 0.346 e. The van der Waals surface area contributed by atoms with Gasteiger partial charge in [0.15, 0.2) is 5.82 Å². The summed E-state index contributed by atoms with van der Waals surface area (Å²) in [5.74, 6) is 0.659. The number of nitrogens with zero attached hydrogens (tertiary/aromatic N) is 3. The molecule has 1 amide bonds. The predicted octanol–water partition coefficient (Wildman–Crippen LogP) is 2.89. The number of pyridine rings is 1. The van der Waals surface area contributed by atoms with E-state index in [0.29, 0.717) is 0 Å². The summed E-state index contributed by atoms with van der Waals surface area (Å²) in [4.78, 5) is 16.2. The number of aryl methyl sites for hydroxylation is 1. The van der Waals surface area contributed by atoms with Crippen LogP contribution >= 0.6 is 0 Å². The molecule has 1 N–H and O–H groups in total. The second-order valence-electron chi connectivity index (χ2n) is 6.86. The molecular formula is C18H22N4O. The molecule has 120 valence electrons. The number of nitrogens with one attached hydrogen (secondary N) is 1. The summed E-state index contributed by atoms with van der Waals surface area (Å²) in [5.41, 5.74) is 3.26. The third-order valence-electron chi connectivity index (χ3n) is 4.33. The van der Waals surface area contributed by atoms with Gasteiger partial charge in [-0.1, -0.05) is 26.5 Å². The van der Waals surface area contributed by atoms with Gasteiger partial charge in [-0.25, -0.2) is 9.67 Å². The van der Waals surface area contributed by atoms with Gasteiger partial charge in [-0.3, -0.25) is 4.79 Å². The fraction of sp³-hybridized carbons (Fsp3) is 0.389. The van der Waals surface area contributed by atoms with Crippen LogP contribution in [0.15, 0.2) is 37.1 Å². The van der Waals surface area contributed by atoms with Crippen molar-refractivity contribution < 1.29 is 4.79 Å². The molecule has 0 saturated carbocycles. The van der Waals surface area contributed by atoms with Gasteiger partial charge in [-0.05, 0) is 43.4 Å². The molecule has 2 aromatic rings. The van der Waals surface area contributed by atoms with Crippen molar-refractivity contribution in [2.24, 2.45) is 5.41 Å². The van der Waals surface area contributed by atoms with Crippen LogP contribution in [0, 0.1) is 12.3 Å². The lowest BCUT2D eigenvalue weighted by Crippen LogP contribution is -2.36. The SMILES string of the molecule is C=CC(=O)NC1CC(C)(C)Cc2c1c(C)nn2-c1ccccn1.